The second kappa shape index (κ2) is 24.2. The molecule has 0 aliphatic heterocycles. The van der Waals surface area contributed by atoms with Gasteiger partial charge in [-0.05, 0) is 42.0 Å². The highest BCUT2D eigenvalue weighted by Crippen LogP contribution is 2.18. The van der Waals surface area contributed by atoms with Crippen molar-refractivity contribution in [3.8, 4) is 0 Å². The number of allylic oxidation sites excluding steroid dienone is 5. The van der Waals surface area contributed by atoms with Crippen LogP contribution in [0.4, 0.5) is 5.69 Å². The summed E-state index contributed by atoms with van der Waals surface area (Å²) < 4.78 is 0. The van der Waals surface area contributed by atoms with Crippen LogP contribution in [0.25, 0.3) is 0 Å². The highest BCUT2D eigenvalue weighted by atomic mass is 16.2. The van der Waals surface area contributed by atoms with Crippen LogP contribution in [0, 0.1) is 5.92 Å². The van der Waals surface area contributed by atoms with Crippen molar-refractivity contribution in [2.75, 3.05) is 12.4 Å². The topological polar surface area (TPSA) is 61.7 Å². The minimum Gasteiger partial charge on any atom is -0.400 e. The van der Waals surface area contributed by atoms with E-state index >= 15 is 0 Å². The van der Waals surface area contributed by atoms with Crippen molar-refractivity contribution >= 4 is 17.8 Å². The molecule has 0 aromatic heterocycles. The Hall–Kier alpha value is -2.98. The van der Waals surface area contributed by atoms with Gasteiger partial charge in [0.15, 0.2) is 0 Å². The summed E-state index contributed by atoms with van der Waals surface area (Å²) in [4.78, 5) is 17.1. The largest absolute Gasteiger partial charge is 0.400 e. The van der Waals surface area contributed by atoms with Gasteiger partial charge in [-0.25, -0.2) is 0 Å². The van der Waals surface area contributed by atoms with Crippen LogP contribution in [0.3, 0.4) is 0 Å². The molecule has 35 heavy (non-hydrogen) atoms. The van der Waals surface area contributed by atoms with Crippen LogP contribution in [-0.2, 0) is 4.79 Å². The van der Waals surface area contributed by atoms with Gasteiger partial charge in [0.1, 0.15) is 0 Å². The fourth-order valence-corrected chi connectivity index (χ4v) is 2.53. The number of nitrogens with zero attached hydrogens (tertiary/aromatic N) is 1. The number of amides is 1. The molecule has 0 heterocycles. The van der Waals surface area contributed by atoms with Crippen molar-refractivity contribution in [3.05, 3.63) is 90.2 Å². The van der Waals surface area contributed by atoms with Gasteiger partial charge in [0, 0.05) is 31.0 Å². The molecular weight excluding hydrogens is 432 g/mol. The molecule has 2 N–H and O–H groups in total. The maximum atomic E-state index is 12.6. The van der Waals surface area contributed by atoms with Crippen molar-refractivity contribution in [2.45, 2.75) is 74.7 Å². The minimum absolute atomic E-state index is 0.162. The zero-order chi connectivity index (χ0) is 27.8. The van der Waals surface area contributed by atoms with Gasteiger partial charge in [-0.15, -0.1) is 0 Å². The van der Waals surface area contributed by atoms with E-state index in [1.54, 1.807) is 18.4 Å². The first kappa shape index (κ1) is 36.6. The van der Waals surface area contributed by atoms with Crippen molar-refractivity contribution in [3.63, 3.8) is 0 Å². The summed E-state index contributed by atoms with van der Waals surface area (Å²) in [6.45, 7) is 26.2. The maximum Gasteiger partial charge on any atom is 0.251 e. The second-order valence-electron chi connectivity index (χ2n) is 7.47. The van der Waals surface area contributed by atoms with Crippen LogP contribution >= 0.6 is 0 Å². The Kier molecular flexibility index (Phi) is 25.2. The molecule has 0 aliphatic carbocycles. The SMILES string of the molecule is C=C/C=C(\CC=NC(=C)C(/C=C/C(C)C)=C/C)C(=O)Nc1ccc(C(C)C)cc1.CC.CC.CO. The lowest BCUT2D eigenvalue weighted by molar-refractivity contribution is -0.112. The summed E-state index contributed by atoms with van der Waals surface area (Å²) in [5.74, 6) is 0.755. The molecule has 1 aromatic carbocycles. The summed E-state index contributed by atoms with van der Waals surface area (Å²) in [6.07, 6.45) is 11.5. The van der Waals surface area contributed by atoms with E-state index in [0.717, 1.165) is 18.4 Å². The van der Waals surface area contributed by atoms with E-state index in [2.05, 4.69) is 57.2 Å². The van der Waals surface area contributed by atoms with Crippen molar-refractivity contribution < 1.29 is 9.90 Å². The van der Waals surface area contributed by atoms with E-state index < -0.39 is 0 Å². The molecule has 0 fully saturated rings. The molecule has 1 aromatic rings. The van der Waals surface area contributed by atoms with Crippen molar-refractivity contribution in [1.82, 2.24) is 0 Å². The zero-order valence-electron chi connectivity index (χ0n) is 23.9. The standard InChI is InChI=1S/C26H34N2O.2C2H6.CH4O/c1-8-10-24(17-18-27-21(7)22(9-2)12-11-19(3)4)26(29)28-25-15-13-23(14-16-25)20(5)6;3*1-2/h8-16,18-20H,1,7,17H2,2-6H3,(H,28,29);2*1-2H3;2H,1H3/b12-11+,22-9+,24-10+,27-18?;;;. The molecular formula is C31H50N2O2. The Balaban J connectivity index is -0.00000158. The number of nitrogens with one attached hydrogen (secondary N) is 1. The lowest BCUT2D eigenvalue weighted by Gasteiger charge is -2.09. The van der Waals surface area contributed by atoms with E-state index in [1.165, 1.54) is 5.56 Å². The van der Waals surface area contributed by atoms with Gasteiger partial charge in [-0.2, -0.15) is 0 Å². The highest BCUT2D eigenvalue weighted by Gasteiger charge is 2.09. The summed E-state index contributed by atoms with van der Waals surface area (Å²) in [7, 11) is 1.00. The number of rotatable bonds is 10. The molecule has 0 unspecified atom stereocenters. The lowest BCUT2D eigenvalue weighted by atomic mass is 10.0. The molecule has 4 heteroatoms. The normalized spacial score (nSPS) is 11.2. The molecule has 0 bridgehead atoms. The molecule has 0 radical (unpaired) electrons. The number of aliphatic hydroxyl groups is 1. The van der Waals surface area contributed by atoms with Gasteiger partial charge in [0.05, 0.1) is 5.70 Å². The van der Waals surface area contributed by atoms with E-state index in [9.17, 15) is 4.79 Å². The third kappa shape index (κ3) is 17.2. The summed E-state index contributed by atoms with van der Waals surface area (Å²) in [5.41, 5.74) is 4.24. The van der Waals surface area contributed by atoms with Gasteiger partial charge in [-0.3, -0.25) is 9.79 Å². The summed E-state index contributed by atoms with van der Waals surface area (Å²) in [6, 6.07) is 7.92. The van der Waals surface area contributed by atoms with Crippen LogP contribution in [0.15, 0.2) is 89.6 Å². The molecule has 0 atom stereocenters. The average molecular weight is 483 g/mol. The van der Waals surface area contributed by atoms with E-state index in [1.807, 2.05) is 71.0 Å². The number of aliphatic imine (C=N–C) groups is 1. The molecule has 4 nitrogen and oxygen atoms in total. The third-order valence-electron chi connectivity index (χ3n) is 4.31. The summed E-state index contributed by atoms with van der Waals surface area (Å²) >= 11 is 0. The number of hydrogen-bond donors (Lipinski definition) is 2. The van der Waals surface area contributed by atoms with Gasteiger partial charge in [0.2, 0.25) is 0 Å². The Morgan fingerprint density at radius 1 is 1.06 bits per heavy atom. The molecule has 1 amide bonds. The summed E-state index contributed by atoms with van der Waals surface area (Å²) in [5, 5.41) is 9.94. The number of hydrogen-bond acceptors (Lipinski definition) is 3. The predicted molar refractivity (Wildman–Crippen MR) is 158 cm³/mol. The lowest BCUT2D eigenvalue weighted by Crippen LogP contribution is -2.14. The number of anilines is 1. The maximum absolute atomic E-state index is 12.6. The zero-order valence-corrected chi connectivity index (χ0v) is 23.9. The van der Waals surface area contributed by atoms with E-state index in [0.29, 0.717) is 29.5 Å². The highest BCUT2D eigenvalue weighted by molar-refractivity contribution is 6.05. The fraction of sp³-hybridized carbons (Fsp3) is 0.419. The van der Waals surface area contributed by atoms with E-state index in [4.69, 9.17) is 5.11 Å². The van der Waals surface area contributed by atoms with E-state index in [-0.39, 0.29) is 5.91 Å². The van der Waals surface area contributed by atoms with Gasteiger partial charge >= 0.3 is 0 Å². The molecule has 0 saturated heterocycles. The quantitative estimate of drug-likeness (QED) is 0.199. The smallest absolute Gasteiger partial charge is 0.251 e. The molecule has 0 aliphatic rings. The fourth-order valence-electron chi connectivity index (χ4n) is 2.53. The van der Waals surface area contributed by atoms with Crippen molar-refractivity contribution in [2.24, 2.45) is 10.9 Å². The van der Waals surface area contributed by atoms with Crippen LogP contribution in [-0.4, -0.2) is 24.3 Å². The molecule has 196 valence electrons. The first-order chi connectivity index (χ1) is 16.8. The predicted octanol–water partition coefficient (Wildman–Crippen LogP) is 8.65. The van der Waals surface area contributed by atoms with Crippen molar-refractivity contribution in [1.29, 1.82) is 0 Å². The Bertz CT molecular complexity index is 824. The number of aliphatic hydroxyl groups excluding tert-OH is 1. The monoisotopic (exact) mass is 482 g/mol. The van der Waals surface area contributed by atoms with Crippen LogP contribution < -0.4 is 5.32 Å². The second-order valence-corrected chi connectivity index (χ2v) is 7.47. The van der Waals surface area contributed by atoms with Gasteiger partial charge in [0.25, 0.3) is 5.91 Å². The molecule has 0 saturated carbocycles. The molecule has 0 spiro atoms. The Morgan fingerprint density at radius 2 is 1.60 bits per heavy atom. The third-order valence-corrected chi connectivity index (χ3v) is 4.31. The van der Waals surface area contributed by atoms with Crippen LogP contribution in [0.2, 0.25) is 0 Å². The van der Waals surface area contributed by atoms with Gasteiger partial charge in [-0.1, -0.05) is 111 Å². The minimum atomic E-state index is -0.162. The average Bonchev–Trinajstić information content (AvgIpc) is 2.87. The number of carbonyl (C=O) groups excluding carboxylic acids is 1. The van der Waals surface area contributed by atoms with Gasteiger partial charge < -0.3 is 10.4 Å². The number of benzene rings is 1. The van der Waals surface area contributed by atoms with Crippen LogP contribution in [0.1, 0.15) is 80.2 Å². The first-order valence-corrected chi connectivity index (χ1v) is 12.5. The number of carbonyl (C=O) groups is 1. The van der Waals surface area contributed by atoms with Crippen LogP contribution in [0.5, 0.6) is 0 Å². The Morgan fingerprint density at radius 3 is 2.03 bits per heavy atom. The Labute approximate surface area is 216 Å². The molecule has 1 rings (SSSR count). The first-order valence-electron chi connectivity index (χ1n) is 12.5.